The van der Waals surface area contributed by atoms with Crippen LogP contribution in [0.15, 0.2) is 46.9 Å². The van der Waals surface area contributed by atoms with Gasteiger partial charge >= 0.3 is 6.09 Å². The maximum absolute atomic E-state index is 11.1. The molecule has 0 radical (unpaired) electrons. The molecule has 1 aliphatic carbocycles. The van der Waals surface area contributed by atoms with E-state index in [2.05, 4.69) is 34.0 Å². The Morgan fingerprint density at radius 1 is 1.23 bits per heavy atom. The summed E-state index contributed by atoms with van der Waals surface area (Å²) >= 11 is 2.25. The second-order valence-corrected chi connectivity index (χ2v) is 7.59. The summed E-state index contributed by atoms with van der Waals surface area (Å²) in [6, 6.07) is 15.4. The first-order valence-electron chi connectivity index (χ1n) is 8.27. The molecule has 26 heavy (non-hydrogen) atoms. The van der Waals surface area contributed by atoms with Crippen molar-refractivity contribution in [3.8, 4) is 17.4 Å². The SMILES string of the molecule is N#Cc1ccc2c(I)c(-c3ccc(C4(NC(=O)O)CCC4)cc3)oc2c1. The number of fused-ring (bicyclic) bond motifs is 1. The van der Waals surface area contributed by atoms with Crippen molar-refractivity contribution in [3.63, 3.8) is 0 Å². The van der Waals surface area contributed by atoms with E-state index in [9.17, 15) is 4.79 Å². The molecule has 3 aromatic rings. The van der Waals surface area contributed by atoms with Gasteiger partial charge in [0.05, 0.1) is 20.7 Å². The number of nitrogens with one attached hydrogen (secondary N) is 1. The summed E-state index contributed by atoms with van der Waals surface area (Å²) in [5, 5.41) is 21.8. The normalized spacial score (nSPS) is 15.2. The second kappa shape index (κ2) is 6.32. The molecule has 0 aliphatic heterocycles. The number of amides is 1. The van der Waals surface area contributed by atoms with Crippen LogP contribution in [-0.4, -0.2) is 11.2 Å². The first-order valence-corrected chi connectivity index (χ1v) is 9.34. The van der Waals surface area contributed by atoms with Crippen molar-refractivity contribution in [2.45, 2.75) is 24.8 Å². The predicted molar refractivity (Wildman–Crippen MR) is 106 cm³/mol. The van der Waals surface area contributed by atoms with Crippen molar-refractivity contribution < 1.29 is 14.3 Å². The molecule has 0 spiro atoms. The molecule has 2 aromatic carbocycles. The van der Waals surface area contributed by atoms with Crippen LogP contribution in [0.1, 0.15) is 30.4 Å². The maximum Gasteiger partial charge on any atom is 0.405 e. The molecule has 1 fully saturated rings. The van der Waals surface area contributed by atoms with Crippen LogP contribution in [0.5, 0.6) is 0 Å². The van der Waals surface area contributed by atoms with E-state index in [-0.39, 0.29) is 0 Å². The maximum atomic E-state index is 11.1. The van der Waals surface area contributed by atoms with Crippen molar-refractivity contribution >= 4 is 39.7 Å². The lowest BCUT2D eigenvalue weighted by molar-refractivity contribution is 0.144. The minimum Gasteiger partial charge on any atom is -0.465 e. The fourth-order valence-electron chi connectivity index (χ4n) is 3.48. The fraction of sp³-hybridized carbons (Fsp3) is 0.200. The van der Waals surface area contributed by atoms with Crippen LogP contribution in [0.25, 0.3) is 22.3 Å². The average Bonchev–Trinajstić information content (AvgIpc) is 2.94. The first-order chi connectivity index (χ1) is 12.5. The minimum absolute atomic E-state index is 0.465. The number of furan rings is 1. The quantitative estimate of drug-likeness (QED) is 0.527. The number of halogens is 1. The molecule has 5 nitrogen and oxygen atoms in total. The fourth-order valence-corrected chi connectivity index (χ4v) is 4.35. The Labute approximate surface area is 163 Å². The zero-order chi connectivity index (χ0) is 18.3. The lowest BCUT2D eigenvalue weighted by atomic mass is 9.72. The van der Waals surface area contributed by atoms with Crippen LogP contribution in [0, 0.1) is 14.9 Å². The van der Waals surface area contributed by atoms with Gasteiger partial charge in [-0.1, -0.05) is 24.3 Å². The van der Waals surface area contributed by atoms with Gasteiger partial charge in [0.1, 0.15) is 11.3 Å². The minimum atomic E-state index is -0.992. The van der Waals surface area contributed by atoms with E-state index in [1.54, 1.807) is 12.1 Å². The predicted octanol–water partition coefficient (Wildman–Crippen LogP) is 5.22. The molecule has 2 N–H and O–H groups in total. The third kappa shape index (κ3) is 2.72. The summed E-state index contributed by atoms with van der Waals surface area (Å²) < 4.78 is 6.99. The summed E-state index contributed by atoms with van der Waals surface area (Å²) in [5.41, 5.74) is 2.70. The number of carboxylic acid groups (broad SMARTS) is 1. The first kappa shape index (κ1) is 16.9. The zero-order valence-corrected chi connectivity index (χ0v) is 15.9. The molecule has 1 amide bonds. The monoisotopic (exact) mass is 458 g/mol. The largest absolute Gasteiger partial charge is 0.465 e. The van der Waals surface area contributed by atoms with Crippen LogP contribution in [0.4, 0.5) is 4.79 Å². The summed E-state index contributed by atoms with van der Waals surface area (Å²) in [6.45, 7) is 0. The summed E-state index contributed by atoms with van der Waals surface area (Å²) in [5.74, 6) is 0.760. The molecule has 1 heterocycles. The third-order valence-corrected chi connectivity index (χ3v) is 6.08. The van der Waals surface area contributed by atoms with Crippen LogP contribution < -0.4 is 5.32 Å². The van der Waals surface area contributed by atoms with Crippen molar-refractivity contribution in [1.29, 1.82) is 5.26 Å². The Bertz CT molecular complexity index is 1040. The number of hydrogen-bond donors (Lipinski definition) is 2. The lowest BCUT2D eigenvalue weighted by Gasteiger charge is -2.42. The Morgan fingerprint density at radius 3 is 2.54 bits per heavy atom. The average molecular weight is 458 g/mol. The Balaban J connectivity index is 1.71. The van der Waals surface area contributed by atoms with Gasteiger partial charge in [-0.15, -0.1) is 0 Å². The smallest absolute Gasteiger partial charge is 0.405 e. The number of nitriles is 1. The number of nitrogens with zero attached hydrogens (tertiary/aromatic N) is 1. The van der Waals surface area contributed by atoms with Gasteiger partial charge < -0.3 is 14.8 Å². The number of carbonyl (C=O) groups is 1. The van der Waals surface area contributed by atoms with E-state index in [1.807, 2.05) is 30.3 Å². The van der Waals surface area contributed by atoms with E-state index in [1.165, 1.54) is 0 Å². The van der Waals surface area contributed by atoms with E-state index < -0.39 is 11.6 Å². The molecule has 4 rings (SSSR count). The number of hydrogen-bond acceptors (Lipinski definition) is 3. The standard InChI is InChI=1S/C20H15IN2O3/c21-17-15-7-2-12(11-22)10-16(15)26-18(17)13-3-5-14(6-4-13)20(8-1-9-20)23-19(24)25/h2-7,10,23H,1,8-9H2,(H,24,25). The summed E-state index contributed by atoms with van der Waals surface area (Å²) in [4.78, 5) is 11.1. The Kier molecular flexibility index (Phi) is 4.11. The van der Waals surface area contributed by atoms with Gasteiger partial charge in [0.25, 0.3) is 0 Å². The van der Waals surface area contributed by atoms with Gasteiger partial charge in [0, 0.05) is 10.9 Å². The highest BCUT2D eigenvalue weighted by Gasteiger charge is 2.40. The van der Waals surface area contributed by atoms with Gasteiger partial charge in [-0.25, -0.2) is 4.79 Å². The highest BCUT2D eigenvalue weighted by Crippen LogP contribution is 2.42. The van der Waals surface area contributed by atoms with Gasteiger partial charge in [0.2, 0.25) is 0 Å². The molecule has 130 valence electrons. The molecule has 0 unspecified atom stereocenters. The van der Waals surface area contributed by atoms with E-state index in [4.69, 9.17) is 14.8 Å². The Morgan fingerprint density at radius 2 is 1.96 bits per heavy atom. The van der Waals surface area contributed by atoms with Crippen LogP contribution in [-0.2, 0) is 5.54 Å². The van der Waals surface area contributed by atoms with Crippen molar-refractivity contribution in [3.05, 3.63) is 57.2 Å². The topological polar surface area (TPSA) is 86.3 Å². The molecule has 1 aromatic heterocycles. The van der Waals surface area contributed by atoms with E-state index in [0.29, 0.717) is 11.1 Å². The van der Waals surface area contributed by atoms with Crippen LogP contribution >= 0.6 is 22.6 Å². The highest BCUT2D eigenvalue weighted by atomic mass is 127. The van der Waals surface area contributed by atoms with Gasteiger partial charge in [0.15, 0.2) is 0 Å². The zero-order valence-electron chi connectivity index (χ0n) is 13.8. The molecule has 0 bridgehead atoms. The van der Waals surface area contributed by atoms with E-state index >= 15 is 0 Å². The van der Waals surface area contributed by atoms with Gasteiger partial charge in [-0.3, -0.25) is 0 Å². The van der Waals surface area contributed by atoms with Gasteiger partial charge in [-0.05, 0) is 65.6 Å². The molecule has 0 saturated heterocycles. The van der Waals surface area contributed by atoms with Crippen LogP contribution in [0.2, 0.25) is 0 Å². The third-order valence-electron chi connectivity index (χ3n) is 5.01. The second-order valence-electron chi connectivity index (χ2n) is 6.51. The van der Waals surface area contributed by atoms with E-state index in [0.717, 1.165) is 45.1 Å². The van der Waals surface area contributed by atoms with Crippen molar-refractivity contribution in [1.82, 2.24) is 5.32 Å². The number of rotatable bonds is 3. The molecule has 1 aliphatic rings. The lowest BCUT2D eigenvalue weighted by Crippen LogP contribution is -2.50. The molecule has 1 saturated carbocycles. The summed E-state index contributed by atoms with van der Waals surface area (Å²) in [7, 11) is 0. The van der Waals surface area contributed by atoms with Crippen LogP contribution in [0.3, 0.4) is 0 Å². The van der Waals surface area contributed by atoms with Crippen molar-refractivity contribution in [2.24, 2.45) is 0 Å². The summed E-state index contributed by atoms with van der Waals surface area (Å²) in [6.07, 6.45) is 1.66. The molecular formula is C20H15IN2O3. The van der Waals surface area contributed by atoms with Crippen molar-refractivity contribution in [2.75, 3.05) is 0 Å². The van der Waals surface area contributed by atoms with Gasteiger partial charge in [-0.2, -0.15) is 5.26 Å². The molecule has 6 heteroatoms. The molecule has 0 atom stereocenters. The molecular weight excluding hydrogens is 443 g/mol. The highest BCUT2D eigenvalue weighted by molar-refractivity contribution is 14.1. The Hall–Kier alpha value is -2.53. The number of benzene rings is 2.